The Labute approximate surface area is 99.5 Å². The number of hydrogen-bond donors (Lipinski definition) is 0. The van der Waals surface area contributed by atoms with Gasteiger partial charge in [0.05, 0.1) is 11.8 Å². The maximum Gasteiger partial charge on any atom is 0.318 e. The summed E-state index contributed by atoms with van der Waals surface area (Å²) >= 11 is 0. The van der Waals surface area contributed by atoms with E-state index >= 15 is 0 Å². The summed E-state index contributed by atoms with van der Waals surface area (Å²) in [6.45, 7) is 5.83. The Balaban J connectivity index is 3.07. The third-order valence-electron chi connectivity index (χ3n) is 3.42. The Hall–Kier alpha value is -1.52. The highest BCUT2D eigenvalue weighted by Crippen LogP contribution is 2.35. The Morgan fingerprint density at radius 1 is 1.12 bits per heavy atom. The fourth-order valence-electron chi connectivity index (χ4n) is 2.24. The summed E-state index contributed by atoms with van der Waals surface area (Å²) in [7, 11) is 0. The van der Waals surface area contributed by atoms with Gasteiger partial charge in [0.15, 0.2) is 0 Å². The largest absolute Gasteiger partial charge is 0.393 e. The zero-order valence-corrected chi connectivity index (χ0v) is 10.4. The Kier molecular flexibility index (Phi) is 3.80. The van der Waals surface area contributed by atoms with E-state index in [-0.39, 0.29) is 11.6 Å². The van der Waals surface area contributed by atoms with Crippen LogP contribution < -0.4 is 0 Å². The number of ketones is 2. The normalized spacial score (nSPS) is 27.5. The first-order valence-electron chi connectivity index (χ1n) is 5.53. The lowest BCUT2D eigenvalue weighted by Gasteiger charge is -2.24. The number of ether oxygens (including phenoxy) is 1. The van der Waals surface area contributed by atoms with Gasteiger partial charge in [-0.15, -0.1) is 0 Å². The van der Waals surface area contributed by atoms with Gasteiger partial charge >= 0.3 is 11.9 Å². The number of rotatable bonds is 4. The predicted molar refractivity (Wildman–Crippen MR) is 57.8 cm³/mol. The van der Waals surface area contributed by atoms with Crippen molar-refractivity contribution in [2.75, 3.05) is 0 Å². The highest BCUT2D eigenvalue weighted by molar-refractivity contribution is 6.00. The standard InChI is InChI=1S/C12H16O5/c1-5(7(3)13)9(8(4)14)10-6(2)11(15)17-12(10)16/h5-6,9-10H,1-4H3. The summed E-state index contributed by atoms with van der Waals surface area (Å²) in [5.41, 5.74) is 0. The van der Waals surface area contributed by atoms with Crippen molar-refractivity contribution >= 4 is 23.5 Å². The quantitative estimate of drug-likeness (QED) is 0.535. The minimum Gasteiger partial charge on any atom is -0.393 e. The molecule has 1 fully saturated rings. The molecule has 17 heavy (non-hydrogen) atoms. The van der Waals surface area contributed by atoms with E-state index in [4.69, 9.17) is 0 Å². The van der Waals surface area contributed by atoms with Crippen molar-refractivity contribution in [2.24, 2.45) is 23.7 Å². The van der Waals surface area contributed by atoms with Crippen LogP contribution in [0.25, 0.3) is 0 Å². The summed E-state index contributed by atoms with van der Waals surface area (Å²) in [5.74, 6) is -4.63. The van der Waals surface area contributed by atoms with Crippen LogP contribution in [0.5, 0.6) is 0 Å². The van der Waals surface area contributed by atoms with Crippen LogP contribution in [0.1, 0.15) is 27.7 Å². The van der Waals surface area contributed by atoms with Gasteiger partial charge in [-0.1, -0.05) is 13.8 Å². The maximum atomic E-state index is 11.6. The highest BCUT2D eigenvalue weighted by atomic mass is 16.6. The molecule has 4 unspecified atom stereocenters. The molecule has 5 nitrogen and oxygen atoms in total. The van der Waals surface area contributed by atoms with E-state index in [1.165, 1.54) is 13.8 Å². The van der Waals surface area contributed by atoms with E-state index in [1.807, 2.05) is 0 Å². The smallest absolute Gasteiger partial charge is 0.318 e. The second kappa shape index (κ2) is 4.77. The molecule has 0 bridgehead atoms. The van der Waals surface area contributed by atoms with Crippen LogP contribution in [0.15, 0.2) is 0 Å². The fourth-order valence-corrected chi connectivity index (χ4v) is 2.24. The third-order valence-corrected chi connectivity index (χ3v) is 3.42. The first kappa shape index (κ1) is 13.5. The molecule has 0 aromatic heterocycles. The van der Waals surface area contributed by atoms with Crippen LogP contribution in [0.4, 0.5) is 0 Å². The summed E-state index contributed by atoms with van der Waals surface area (Å²) in [6, 6.07) is 0. The molecule has 0 saturated carbocycles. The maximum absolute atomic E-state index is 11.6. The first-order chi connectivity index (χ1) is 7.77. The number of cyclic esters (lactones) is 2. The van der Waals surface area contributed by atoms with Gasteiger partial charge in [0.2, 0.25) is 0 Å². The van der Waals surface area contributed by atoms with E-state index in [2.05, 4.69) is 4.74 Å². The van der Waals surface area contributed by atoms with Crippen LogP contribution in [-0.4, -0.2) is 23.5 Å². The summed E-state index contributed by atoms with van der Waals surface area (Å²) in [4.78, 5) is 45.8. The van der Waals surface area contributed by atoms with Crippen LogP contribution in [0.3, 0.4) is 0 Å². The van der Waals surface area contributed by atoms with Crippen LogP contribution in [-0.2, 0) is 23.9 Å². The minimum absolute atomic E-state index is 0.176. The highest BCUT2D eigenvalue weighted by Gasteiger charge is 2.49. The van der Waals surface area contributed by atoms with E-state index in [1.54, 1.807) is 13.8 Å². The average molecular weight is 240 g/mol. The molecule has 1 saturated heterocycles. The SMILES string of the molecule is CC(=O)C(C)C(C(C)=O)C1C(=O)OC(=O)C1C. The lowest BCUT2D eigenvalue weighted by Crippen LogP contribution is -2.37. The summed E-state index contributed by atoms with van der Waals surface area (Å²) < 4.78 is 4.51. The van der Waals surface area contributed by atoms with E-state index in [9.17, 15) is 19.2 Å². The number of carbonyl (C=O) groups is 4. The number of Topliss-reactive ketones (excluding diaryl/α,β-unsaturated/α-hetero) is 2. The van der Waals surface area contributed by atoms with Crippen LogP contribution in [0, 0.1) is 23.7 Å². The fraction of sp³-hybridized carbons (Fsp3) is 0.667. The molecule has 0 aromatic carbocycles. The van der Waals surface area contributed by atoms with Crippen molar-refractivity contribution in [1.82, 2.24) is 0 Å². The van der Waals surface area contributed by atoms with E-state index < -0.39 is 35.6 Å². The van der Waals surface area contributed by atoms with Crippen LogP contribution >= 0.6 is 0 Å². The number of carbonyl (C=O) groups excluding carboxylic acids is 4. The average Bonchev–Trinajstić information content (AvgIpc) is 2.44. The monoisotopic (exact) mass is 240 g/mol. The van der Waals surface area contributed by atoms with Crippen molar-refractivity contribution in [1.29, 1.82) is 0 Å². The van der Waals surface area contributed by atoms with Crippen molar-refractivity contribution in [3.8, 4) is 0 Å². The Morgan fingerprint density at radius 2 is 1.65 bits per heavy atom. The van der Waals surface area contributed by atoms with Gasteiger partial charge < -0.3 is 4.74 Å². The zero-order valence-electron chi connectivity index (χ0n) is 10.4. The lowest BCUT2D eigenvalue weighted by atomic mass is 9.74. The van der Waals surface area contributed by atoms with Crippen molar-refractivity contribution in [3.05, 3.63) is 0 Å². The molecule has 0 N–H and O–H groups in total. The molecule has 4 atom stereocenters. The summed E-state index contributed by atoms with van der Waals surface area (Å²) in [6.07, 6.45) is 0. The zero-order chi connectivity index (χ0) is 13.3. The Morgan fingerprint density at radius 3 is 1.94 bits per heavy atom. The van der Waals surface area contributed by atoms with Gasteiger partial charge in [-0.05, 0) is 13.8 Å². The van der Waals surface area contributed by atoms with Crippen molar-refractivity contribution in [2.45, 2.75) is 27.7 Å². The van der Waals surface area contributed by atoms with E-state index in [0.717, 1.165) is 0 Å². The number of hydrogen-bond acceptors (Lipinski definition) is 5. The van der Waals surface area contributed by atoms with Gasteiger partial charge in [0.25, 0.3) is 0 Å². The molecular formula is C12H16O5. The van der Waals surface area contributed by atoms with E-state index in [0.29, 0.717) is 0 Å². The second-order valence-corrected chi connectivity index (χ2v) is 4.59. The topological polar surface area (TPSA) is 77.5 Å². The second-order valence-electron chi connectivity index (χ2n) is 4.59. The van der Waals surface area contributed by atoms with Gasteiger partial charge in [-0.3, -0.25) is 19.2 Å². The molecule has 1 rings (SSSR count). The molecular weight excluding hydrogens is 224 g/mol. The molecule has 5 heteroatoms. The first-order valence-corrected chi connectivity index (χ1v) is 5.53. The molecule has 1 aliphatic rings. The third kappa shape index (κ3) is 2.43. The molecule has 1 heterocycles. The molecule has 0 aromatic rings. The molecule has 94 valence electrons. The van der Waals surface area contributed by atoms with Gasteiger partial charge in [0.1, 0.15) is 11.6 Å². The summed E-state index contributed by atoms with van der Waals surface area (Å²) in [5, 5.41) is 0. The van der Waals surface area contributed by atoms with Gasteiger partial charge in [-0.2, -0.15) is 0 Å². The Bertz CT molecular complexity index is 384. The number of esters is 2. The van der Waals surface area contributed by atoms with Crippen molar-refractivity contribution in [3.63, 3.8) is 0 Å². The van der Waals surface area contributed by atoms with Crippen LogP contribution in [0.2, 0.25) is 0 Å². The molecule has 0 aliphatic carbocycles. The van der Waals surface area contributed by atoms with Crippen molar-refractivity contribution < 1.29 is 23.9 Å². The molecule has 1 aliphatic heterocycles. The molecule has 0 amide bonds. The van der Waals surface area contributed by atoms with Gasteiger partial charge in [-0.25, -0.2) is 0 Å². The molecule has 0 spiro atoms. The molecule has 0 radical (unpaired) electrons. The lowest BCUT2D eigenvalue weighted by molar-refractivity contribution is -0.155. The van der Waals surface area contributed by atoms with Gasteiger partial charge in [0, 0.05) is 11.8 Å². The predicted octanol–water partition coefficient (Wildman–Crippen LogP) is 0.752. The minimum atomic E-state index is -0.834.